The van der Waals surface area contributed by atoms with Crippen molar-refractivity contribution in [3.63, 3.8) is 0 Å². The molecule has 2 fully saturated rings. The first-order valence-electron chi connectivity index (χ1n) is 8.33. The molecule has 0 bridgehead atoms. The first-order valence-corrected chi connectivity index (χ1v) is 8.33. The van der Waals surface area contributed by atoms with Crippen LogP contribution in [-0.4, -0.2) is 74.0 Å². The summed E-state index contributed by atoms with van der Waals surface area (Å²) in [5, 5.41) is 0. The van der Waals surface area contributed by atoms with Gasteiger partial charge in [-0.05, 0) is 33.1 Å². The second-order valence-corrected chi connectivity index (χ2v) is 6.44. The van der Waals surface area contributed by atoms with Gasteiger partial charge in [0.25, 0.3) is 0 Å². The molecule has 0 N–H and O–H groups in total. The highest BCUT2D eigenvalue weighted by molar-refractivity contribution is 4.93. The zero-order valence-electron chi connectivity index (χ0n) is 13.6. The van der Waals surface area contributed by atoms with E-state index in [-0.39, 0.29) is 0 Å². The first kappa shape index (κ1) is 16.2. The number of rotatable bonds is 6. The Labute approximate surface area is 124 Å². The van der Waals surface area contributed by atoms with Gasteiger partial charge in [0.05, 0.1) is 12.7 Å². The third-order valence-corrected chi connectivity index (χ3v) is 4.98. The van der Waals surface area contributed by atoms with Gasteiger partial charge in [-0.3, -0.25) is 9.80 Å². The molecule has 0 amide bonds. The van der Waals surface area contributed by atoms with E-state index >= 15 is 0 Å². The minimum Gasteiger partial charge on any atom is -0.381 e. The standard InChI is InChI=1S/C16H32N2O2/c1-4-16(5-12-19-13-6-16)18-9-7-17(8-10-18)11-14-20-15(2)3/h15H,4-14H2,1-3H3. The fourth-order valence-corrected chi connectivity index (χ4v) is 3.51. The Hall–Kier alpha value is -0.160. The third-order valence-electron chi connectivity index (χ3n) is 4.98. The zero-order chi connectivity index (χ0) is 14.4. The molecule has 2 heterocycles. The van der Waals surface area contributed by atoms with Gasteiger partial charge < -0.3 is 9.47 Å². The van der Waals surface area contributed by atoms with Crippen LogP contribution in [0.4, 0.5) is 0 Å². The number of ether oxygens (including phenoxy) is 2. The molecule has 2 rings (SSSR count). The molecule has 20 heavy (non-hydrogen) atoms. The molecule has 2 aliphatic rings. The monoisotopic (exact) mass is 284 g/mol. The third kappa shape index (κ3) is 4.17. The van der Waals surface area contributed by atoms with Gasteiger partial charge in [0, 0.05) is 51.5 Å². The highest BCUT2D eigenvalue weighted by atomic mass is 16.5. The van der Waals surface area contributed by atoms with Crippen molar-refractivity contribution in [2.24, 2.45) is 0 Å². The fourth-order valence-electron chi connectivity index (χ4n) is 3.51. The molecule has 4 nitrogen and oxygen atoms in total. The van der Waals surface area contributed by atoms with Crippen LogP contribution in [0, 0.1) is 0 Å². The van der Waals surface area contributed by atoms with Gasteiger partial charge in [-0.15, -0.1) is 0 Å². The van der Waals surface area contributed by atoms with Crippen LogP contribution in [0.5, 0.6) is 0 Å². The smallest absolute Gasteiger partial charge is 0.0596 e. The van der Waals surface area contributed by atoms with E-state index in [0.717, 1.165) is 26.4 Å². The normalized spacial score (nSPS) is 25.2. The quantitative estimate of drug-likeness (QED) is 0.745. The molecule has 0 atom stereocenters. The van der Waals surface area contributed by atoms with Gasteiger partial charge in [-0.1, -0.05) is 6.92 Å². The average molecular weight is 284 g/mol. The van der Waals surface area contributed by atoms with E-state index in [4.69, 9.17) is 9.47 Å². The van der Waals surface area contributed by atoms with Crippen LogP contribution in [0.2, 0.25) is 0 Å². The number of piperazine rings is 1. The lowest BCUT2D eigenvalue weighted by atomic mass is 9.85. The van der Waals surface area contributed by atoms with Gasteiger partial charge in [-0.25, -0.2) is 0 Å². The molecule has 2 saturated heterocycles. The molecule has 4 heteroatoms. The van der Waals surface area contributed by atoms with E-state index in [1.165, 1.54) is 45.4 Å². The predicted molar refractivity (Wildman–Crippen MR) is 82.2 cm³/mol. The van der Waals surface area contributed by atoms with Gasteiger partial charge in [0.1, 0.15) is 0 Å². The highest BCUT2D eigenvalue weighted by Crippen LogP contribution is 2.31. The van der Waals surface area contributed by atoms with Crippen molar-refractivity contribution in [3.8, 4) is 0 Å². The van der Waals surface area contributed by atoms with Crippen molar-refractivity contribution in [1.82, 2.24) is 9.80 Å². The number of hydrogen-bond acceptors (Lipinski definition) is 4. The second kappa shape index (κ2) is 7.74. The largest absolute Gasteiger partial charge is 0.381 e. The van der Waals surface area contributed by atoms with Crippen molar-refractivity contribution in [2.45, 2.75) is 51.7 Å². The molecule has 0 unspecified atom stereocenters. The summed E-state index contributed by atoms with van der Waals surface area (Å²) in [5.41, 5.74) is 0.415. The Morgan fingerprint density at radius 3 is 2.30 bits per heavy atom. The van der Waals surface area contributed by atoms with Crippen LogP contribution in [0.15, 0.2) is 0 Å². The van der Waals surface area contributed by atoms with Crippen molar-refractivity contribution in [2.75, 3.05) is 52.5 Å². The highest BCUT2D eigenvalue weighted by Gasteiger charge is 2.37. The molecule has 0 saturated carbocycles. The van der Waals surface area contributed by atoms with Crippen molar-refractivity contribution < 1.29 is 9.47 Å². The second-order valence-electron chi connectivity index (χ2n) is 6.44. The van der Waals surface area contributed by atoms with Crippen LogP contribution in [0.3, 0.4) is 0 Å². The first-order chi connectivity index (χ1) is 9.66. The van der Waals surface area contributed by atoms with E-state index in [1.54, 1.807) is 0 Å². The van der Waals surface area contributed by atoms with Crippen molar-refractivity contribution in [1.29, 1.82) is 0 Å². The van der Waals surface area contributed by atoms with Gasteiger partial charge in [-0.2, -0.15) is 0 Å². The maximum atomic E-state index is 5.66. The Morgan fingerprint density at radius 1 is 1.10 bits per heavy atom. The Bertz CT molecular complexity index is 270. The van der Waals surface area contributed by atoms with Gasteiger partial charge in [0.15, 0.2) is 0 Å². The Kier molecular flexibility index (Phi) is 6.27. The van der Waals surface area contributed by atoms with Crippen LogP contribution in [-0.2, 0) is 9.47 Å². The number of hydrogen-bond donors (Lipinski definition) is 0. The molecule has 0 aromatic heterocycles. The van der Waals surface area contributed by atoms with Crippen LogP contribution in [0.1, 0.15) is 40.0 Å². The minimum atomic E-state index is 0.349. The molecular weight excluding hydrogens is 252 g/mol. The van der Waals surface area contributed by atoms with Crippen LogP contribution in [0.25, 0.3) is 0 Å². The summed E-state index contributed by atoms with van der Waals surface area (Å²) in [7, 11) is 0. The Morgan fingerprint density at radius 2 is 1.75 bits per heavy atom. The molecule has 0 spiro atoms. The summed E-state index contributed by atoms with van der Waals surface area (Å²) in [5.74, 6) is 0. The van der Waals surface area contributed by atoms with E-state index < -0.39 is 0 Å². The molecule has 0 aromatic rings. The molecule has 0 aliphatic carbocycles. The van der Waals surface area contributed by atoms with E-state index in [9.17, 15) is 0 Å². The molecule has 0 aromatic carbocycles. The van der Waals surface area contributed by atoms with Gasteiger partial charge >= 0.3 is 0 Å². The van der Waals surface area contributed by atoms with E-state index in [1.807, 2.05) is 0 Å². The summed E-state index contributed by atoms with van der Waals surface area (Å²) < 4.78 is 11.2. The summed E-state index contributed by atoms with van der Waals surface area (Å²) in [4.78, 5) is 5.27. The Balaban J connectivity index is 1.75. The van der Waals surface area contributed by atoms with Crippen molar-refractivity contribution >= 4 is 0 Å². The summed E-state index contributed by atoms with van der Waals surface area (Å²) in [6, 6.07) is 0. The number of nitrogens with zero attached hydrogens (tertiary/aromatic N) is 2. The molecule has 2 aliphatic heterocycles. The zero-order valence-corrected chi connectivity index (χ0v) is 13.6. The molecule has 0 radical (unpaired) electrons. The average Bonchev–Trinajstić information content (AvgIpc) is 2.48. The summed E-state index contributed by atoms with van der Waals surface area (Å²) in [6.07, 6.45) is 4.02. The van der Waals surface area contributed by atoms with Crippen molar-refractivity contribution in [3.05, 3.63) is 0 Å². The molecule has 118 valence electrons. The fraction of sp³-hybridized carbons (Fsp3) is 1.00. The SMILES string of the molecule is CCC1(N2CCN(CCOC(C)C)CC2)CCOCC1. The van der Waals surface area contributed by atoms with Gasteiger partial charge in [0.2, 0.25) is 0 Å². The maximum Gasteiger partial charge on any atom is 0.0596 e. The van der Waals surface area contributed by atoms with E-state index in [2.05, 4.69) is 30.6 Å². The topological polar surface area (TPSA) is 24.9 Å². The maximum absolute atomic E-state index is 5.66. The lowest BCUT2D eigenvalue weighted by Crippen LogP contribution is -2.59. The molecular formula is C16H32N2O2. The van der Waals surface area contributed by atoms with E-state index in [0.29, 0.717) is 11.6 Å². The summed E-state index contributed by atoms with van der Waals surface area (Å²) in [6.45, 7) is 15.2. The van der Waals surface area contributed by atoms with Crippen LogP contribution < -0.4 is 0 Å². The predicted octanol–water partition coefficient (Wildman–Crippen LogP) is 1.99. The van der Waals surface area contributed by atoms with Crippen LogP contribution >= 0.6 is 0 Å². The minimum absolute atomic E-state index is 0.349. The lowest BCUT2D eigenvalue weighted by Gasteiger charge is -2.49. The lowest BCUT2D eigenvalue weighted by molar-refractivity contribution is -0.0521. The summed E-state index contributed by atoms with van der Waals surface area (Å²) >= 11 is 0.